The van der Waals surface area contributed by atoms with Crippen LogP contribution >= 0.6 is 0 Å². The summed E-state index contributed by atoms with van der Waals surface area (Å²) in [4.78, 5) is 15.7. The van der Waals surface area contributed by atoms with Crippen molar-refractivity contribution < 1.29 is 19.3 Å². The van der Waals surface area contributed by atoms with Crippen LogP contribution in [0.1, 0.15) is 13.2 Å². The first-order valence-electron chi connectivity index (χ1n) is 7.02. The smallest absolute Gasteiger partial charge is 0.351 e. The molecule has 3 N–H and O–H groups in total. The third kappa shape index (κ3) is 3.90. The fraction of sp³-hybridized carbons (Fsp3) is 0.467. The number of ether oxygens (including phenoxy) is 3. The van der Waals surface area contributed by atoms with Gasteiger partial charge in [-0.2, -0.15) is 4.98 Å². The van der Waals surface area contributed by atoms with Crippen LogP contribution < -0.4 is 11.4 Å². The summed E-state index contributed by atoms with van der Waals surface area (Å²) in [7, 11) is 0. The van der Waals surface area contributed by atoms with Gasteiger partial charge in [-0.15, -0.1) is 6.58 Å². The van der Waals surface area contributed by atoms with Gasteiger partial charge in [0.25, 0.3) is 0 Å². The van der Waals surface area contributed by atoms with E-state index in [0.29, 0.717) is 0 Å². The third-order valence-corrected chi connectivity index (χ3v) is 3.27. The van der Waals surface area contributed by atoms with Gasteiger partial charge in [0.15, 0.2) is 6.23 Å². The summed E-state index contributed by atoms with van der Waals surface area (Å²) in [5.41, 5.74) is 4.89. The van der Waals surface area contributed by atoms with Gasteiger partial charge in [0, 0.05) is 13.1 Å². The number of aromatic nitrogens is 2. The van der Waals surface area contributed by atoms with E-state index in [1.165, 1.54) is 16.8 Å². The fourth-order valence-corrected chi connectivity index (χ4v) is 2.25. The number of rotatable bonds is 6. The summed E-state index contributed by atoms with van der Waals surface area (Å²) in [6, 6.07) is 1.47. The minimum Gasteiger partial charge on any atom is -0.444 e. The van der Waals surface area contributed by atoms with Crippen LogP contribution in [0, 0.1) is 12.0 Å². The number of anilines is 1. The highest BCUT2D eigenvalue weighted by Crippen LogP contribution is 2.31. The van der Waals surface area contributed by atoms with Crippen LogP contribution in [-0.2, 0) is 14.2 Å². The van der Waals surface area contributed by atoms with Crippen LogP contribution in [0.15, 0.2) is 29.7 Å². The molecule has 1 aromatic heterocycles. The van der Waals surface area contributed by atoms with E-state index in [1.807, 2.05) is 0 Å². The largest absolute Gasteiger partial charge is 0.444 e. The van der Waals surface area contributed by atoms with E-state index >= 15 is 0 Å². The molecule has 0 radical (unpaired) electrons. The van der Waals surface area contributed by atoms with Crippen molar-refractivity contribution in [1.82, 2.24) is 9.55 Å². The maximum Gasteiger partial charge on any atom is 0.351 e. The molecule has 8 heteroatoms. The van der Waals surface area contributed by atoms with Gasteiger partial charge >= 0.3 is 5.69 Å². The maximum absolute atomic E-state index is 12.0. The molecule has 0 amide bonds. The molecule has 1 aliphatic rings. The Balaban J connectivity index is 2.24. The Bertz CT molecular complexity index is 663. The van der Waals surface area contributed by atoms with Crippen LogP contribution in [-0.4, -0.2) is 46.2 Å². The molecule has 1 aliphatic heterocycles. The highest BCUT2D eigenvalue weighted by molar-refractivity contribution is 5.23. The highest BCUT2D eigenvalue weighted by Gasteiger charge is 2.46. The Morgan fingerprint density at radius 3 is 3.09 bits per heavy atom. The summed E-state index contributed by atoms with van der Waals surface area (Å²) >= 11 is 0. The van der Waals surface area contributed by atoms with Gasteiger partial charge in [0.05, 0.1) is 6.61 Å². The van der Waals surface area contributed by atoms with Crippen molar-refractivity contribution >= 4 is 5.82 Å². The lowest BCUT2D eigenvalue weighted by Crippen LogP contribution is -2.38. The standard InChI is InChI=1S/C15H19N3O5/c1-3-7-21-9-10-12(19)13(22-8-4-2)14(23-10)18-6-5-11(16)17-15(18)20/h4-6,10,12-14,19H,2,8-9H2,1H3,(H2,16,17,20)/t10-,12?,13?,14-/m1/s1. The minimum atomic E-state index is -0.997. The van der Waals surface area contributed by atoms with E-state index in [9.17, 15) is 9.90 Å². The van der Waals surface area contributed by atoms with Crippen LogP contribution in [0.2, 0.25) is 0 Å². The normalized spacial score (nSPS) is 26.3. The first kappa shape index (κ1) is 17.0. The average Bonchev–Trinajstić information content (AvgIpc) is 2.82. The molecule has 1 fully saturated rings. The summed E-state index contributed by atoms with van der Waals surface area (Å²) < 4.78 is 17.6. The van der Waals surface area contributed by atoms with Gasteiger partial charge in [0.2, 0.25) is 0 Å². The Morgan fingerprint density at radius 2 is 2.43 bits per heavy atom. The van der Waals surface area contributed by atoms with Crippen molar-refractivity contribution in [2.45, 2.75) is 31.5 Å². The molecule has 8 nitrogen and oxygen atoms in total. The van der Waals surface area contributed by atoms with Crippen LogP contribution in [0.25, 0.3) is 0 Å². The highest BCUT2D eigenvalue weighted by atomic mass is 16.6. The molecular weight excluding hydrogens is 302 g/mol. The lowest BCUT2D eigenvalue weighted by atomic mass is 10.1. The fourth-order valence-electron chi connectivity index (χ4n) is 2.25. The quantitative estimate of drug-likeness (QED) is 0.544. The first-order chi connectivity index (χ1) is 11.1. The number of aliphatic hydroxyl groups excluding tert-OH is 1. The van der Waals surface area contributed by atoms with Gasteiger partial charge in [-0.3, -0.25) is 4.57 Å². The third-order valence-electron chi connectivity index (χ3n) is 3.27. The predicted octanol–water partition coefficient (Wildman–Crippen LogP) is -0.348. The topological polar surface area (TPSA) is 109 Å². The van der Waals surface area contributed by atoms with E-state index < -0.39 is 30.2 Å². The molecule has 1 saturated heterocycles. The van der Waals surface area contributed by atoms with Crippen molar-refractivity contribution in [2.24, 2.45) is 0 Å². The Morgan fingerprint density at radius 1 is 1.65 bits per heavy atom. The Kier molecular flexibility index (Phi) is 5.76. The first-order valence-corrected chi connectivity index (χ1v) is 7.02. The SMILES string of the molecule is C=CCOC1C(O)[C@@H](COC#CC)O[C@H]1n1ccc(N)nc1=O. The van der Waals surface area contributed by atoms with Crippen LogP contribution in [0.4, 0.5) is 5.82 Å². The molecule has 0 bridgehead atoms. The van der Waals surface area contributed by atoms with Gasteiger partial charge in [0.1, 0.15) is 36.8 Å². The summed E-state index contributed by atoms with van der Waals surface area (Å²) in [6.07, 6.45) is 2.10. The van der Waals surface area contributed by atoms with Crippen LogP contribution in [0.3, 0.4) is 0 Å². The van der Waals surface area contributed by atoms with E-state index in [0.717, 1.165) is 0 Å². The molecule has 0 aromatic carbocycles. The number of nitrogen functional groups attached to an aromatic ring is 1. The molecule has 2 unspecified atom stereocenters. The average molecular weight is 321 g/mol. The van der Waals surface area contributed by atoms with Crippen molar-refractivity contribution in [3.63, 3.8) is 0 Å². The molecule has 23 heavy (non-hydrogen) atoms. The number of nitrogens with zero attached hydrogens (tertiary/aromatic N) is 2. The second-order valence-corrected chi connectivity index (χ2v) is 4.85. The minimum absolute atomic E-state index is 0.0452. The van der Waals surface area contributed by atoms with Crippen molar-refractivity contribution in [2.75, 3.05) is 18.9 Å². The lowest BCUT2D eigenvalue weighted by molar-refractivity contribution is -0.0684. The van der Waals surface area contributed by atoms with Crippen LogP contribution in [0.5, 0.6) is 0 Å². The monoisotopic (exact) mass is 321 g/mol. The molecule has 1 aromatic rings. The summed E-state index contributed by atoms with van der Waals surface area (Å²) in [5.74, 6) is 2.68. The van der Waals surface area contributed by atoms with Crippen molar-refractivity contribution in [3.05, 3.63) is 35.4 Å². The molecule has 124 valence electrons. The molecule has 2 heterocycles. The maximum atomic E-state index is 12.0. The van der Waals surface area contributed by atoms with Gasteiger partial charge in [-0.25, -0.2) is 4.79 Å². The number of hydrogen-bond donors (Lipinski definition) is 2. The zero-order valence-electron chi connectivity index (χ0n) is 12.7. The molecule has 2 rings (SSSR count). The number of aliphatic hydroxyl groups is 1. The number of hydrogen-bond acceptors (Lipinski definition) is 7. The van der Waals surface area contributed by atoms with E-state index in [1.54, 1.807) is 13.0 Å². The molecule has 4 atom stereocenters. The Labute approximate surface area is 133 Å². The molecular formula is C15H19N3O5. The zero-order chi connectivity index (χ0) is 16.8. The number of nitrogens with two attached hydrogens (primary N) is 1. The van der Waals surface area contributed by atoms with E-state index in [2.05, 4.69) is 23.6 Å². The van der Waals surface area contributed by atoms with E-state index in [-0.39, 0.29) is 19.0 Å². The van der Waals surface area contributed by atoms with Crippen molar-refractivity contribution in [3.8, 4) is 12.0 Å². The summed E-state index contributed by atoms with van der Waals surface area (Å²) in [5, 5.41) is 10.4. The molecule has 0 saturated carbocycles. The predicted molar refractivity (Wildman–Crippen MR) is 82.2 cm³/mol. The van der Waals surface area contributed by atoms with Gasteiger partial charge < -0.3 is 25.1 Å². The molecule has 0 spiro atoms. The van der Waals surface area contributed by atoms with E-state index in [4.69, 9.17) is 19.9 Å². The van der Waals surface area contributed by atoms with Gasteiger partial charge in [-0.05, 0) is 6.07 Å². The second kappa shape index (κ2) is 7.78. The van der Waals surface area contributed by atoms with Gasteiger partial charge in [-0.1, -0.05) is 12.0 Å². The lowest BCUT2D eigenvalue weighted by Gasteiger charge is -2.21. The second-order valence-electron chi connectivity index (χ2n) is 4.85. The molecule has 0 aliphatic carbocycles. The Hall–Kier alpha value is -2.34. The summed E-state index contributed by atoms with van der Waals surface area (Å²) in [6.45, 7) is 5.44. The van der Waals surface area contributed by atoms with Crippen molar-refractivity contribution in [1.29, 1.82) is 0 Å². The zero-order valence-corrected chi connectivity index (χ0v) is 12.7.